The Kier molecular flexibility index (Phi) is 7.37. The number of hydrogen-bond donors (Lipinski definition) is 3. The Bertz CT molecular complexity index is 1160. The molecule has 5 aliphatic heterocycles. The van der Waals surface area contributed by atoms with E-state index in [1.54, 1.807) is 12.4 Å². The number of pyridine rings is 1. The van der Waals surface area contributed by atoms with Crippen LogP contribution in [0, 0.1) is 0 Å². The van der Waals surface area contributed by atoms with Crippen molar-refractivity contribution in [2.75, 3.05) is 56.4 Å². The number of amides is 1. The Morgan fingerprint density at radius 2 is 1.69 bits per heavy atom. The molecule has 35 heavy (non-hydrogen) atoms. The molecule has 8 bridgehead atoms. The molecule has 7 heterocycles. The zero-order valence-corrected chi connectivity index (χ0v) is 20.3. The lowest BCUT2D eigenvalue weighted by Crippen LogP contribution is -2.49. The maximum absolute atomic E-state index is 12.3. The minimum absolute atomic E-state index is 0.0731. The number of carbonyl (C=O) groups is 1. The van der Waals surface area contributed by atoms with Crippen molar-refractivity contribution in [1.29, 1.82) is 0 Å². The van der Waals surface area contributed by atoms with E-state index in [2.05, 4.69) is 46.8 Å². The maximum Gasteiger partial charge on any atom is 0.234 e. The summed E-state index contributed by atoms with van der Waals surface area (Å²) >= 11 is 6.53. The van der Waals surface area contributed by atoms with Crippen molar-refractivity contribution in [2.45, 2.75) is 13.0 Å². The van der Waals surface area contributed by atoms with Crippen molar-refractivity contribution in [2.24, 2.45) is 0 Å². The molecule has 5 aliphatic rings. The summed E-state index contributed by atoms with van der Waals surface area (Å²) in [7, 11) is 0. The zero-order chi connectivity index (χ0) is 24.0. The summed E-state index contributed by atoms with van der Waals surface area (Å²) in [6.07, 6.45) is 4.36. The number of carbonyl (C=O) groups excluding carboxylic acids is 1. The van der Waals surface area contributed by atoms with Crippen LogP contribution in [0.25, 0.3) is 11.3 Å². The summed E-state index contributed by atoms with van der Waals surface area (Å²) in [6.45, 7) is 6.03. The number of piperazine rings is 1. The molecule has 8 rings (SSSR count). The Hall–Kier alpha value is -3.27. The Morgan fingerprint density at radius 3 is 2.49 bits per heavy atom. The van der Waals surface area contributed by atoms with Gasteiger partial charge in [0, 0.05) is 74.5 Å². The predicted molar refractivity (Wildman–Crippen MR) is 138 cm³/mol. The van der Waals surface area contributed by atoms with Gasteiger partial charge in [-0.05, 0) is 48.4 Å². The van der Waals surface area contributed by atoms with E-state index in [0.29, 0.717) is 19.0 Å². The fraction of sp³-hybridized carbons (Fsp3) is 0.360. The quantitative estimate of drug-likeness (QED) is 0.440. The van der Waals surface area contributed by atoms with Gasteiger partial charge in [0.05, 0.1) is 12.2 Å². The Morgan fingerprint density at radius 1 is 0.886 bits per heavy atom. The molecule has 1 aromatic carbocycles. The van der Waals surface area contributed by atoms with Crippen molar-refractivity contribution in [3.8, 4) is 11.3 Å². The van der Waals surface area contributed by atoms with Crippen molar-refractivity contribution < 1.29 is 4.79 Å². The normalized spacial score (nSPS) is 21.0. The van der Waals surface area contributed by atoms with Crippen LogP contribution < -0.4 is 16.0 Å². The third-order valence-electron chi connectivity index (χ3n) is 6.22. The van der Waals surface area contributed by atoms with E-state index in [9.17, 15) is 4.79 Å². The largest absolute Gasteiger partial charge is 0.370 e. The Labute approximate surface area is 209 Å². The van der Waals surface area contributed by atoms with Crippen molar-refractivity contribution in [1.82, 2.24) is 30.1 Å². The molecule has 1 fully saturated rings. The first kappa shape index (κ1) is 23.5. The minimum atomic E-state index is 0.0731. The number of benzene rings is 1. The lowest BCUT2D eigenvalue weighted by molar-refractivity contribution is -0.122. The van der Waals surface area contributed by atoms with E-state index in [4.69, 9.17) is 11.6 Å². The van der Waals surface area contributed by atoms with Crippen LogP contribution >= 0.6 is 11.6 Å². The lowest BCUT2D eigenvalue weighted by Gasteiger charge is -2.34. The number of halogens is 1. The van der Waals surface area contributed by atoms with E-state index in [0.717, 1.165) is 79.0 Å². The van der Waals surface area contributed by atoms with Gasteiger partial charge in [0.1, 0.15) is 5.82 Å². The standard InChI is InChI=1S/C25H29ClN8O/c26-21-4-3-20-14-19(21)16-33-10-12-34(13-11-33)17-24(35)28-8-1-7-27-23-5-2-18(15-30-23)22-6-9-29-25(31-20)32-22/h2-6,9,14-15H,1,7-8,10-13,16-17H2,(H,27,30)(H,28,35)(H,29,31,32). The van der Waals surface area contributed by atoms with E-state index in [1.165, 1.54) is 0 Å². The van der Waals surface area contributed by atoms with Crippen molar-refractivity contribution in [3.63, 3.8) is 0 Å². The van der Waals surface area contributed by atoms with Gasteiger partial charge in [-0.25, -0.2) is 15.0 Å². The number of anilines is 3. The molecule has 1 amide bonds. The summed E-state index contributed by atoms with van der Waals surface area (Å²) in [4.78, 5) is 30.5. The molecule has 1 saturated heterocycles. The lowest BCUT2D eigenvalue weighted by atomic mass is 10.1. The summed E-state index contributed by atoms with van der Waals surface area (Å²) in [6, 6.07) is 11.7. The van der Waals surface area contributed by atoms with E-state index >= 15 is 0 Å². The molecular formula is C25H29ClN8O. The summed E-state index contributed by atoms with van der Waals surface area (Å²) in [5.41, 5.74) is 3.62. The van der Waals surface area contributed by atoms with Crippen LogP contribution in [0.1, 0.15) is 12.0 Å². The van der Waals surface area contributed by atoms with Gasteiger partial charge in [-0.2, -0.15) is 0 Å². The third-order valence-corrected chi connectivity index (χ3v) is 6.59. The second kappa shape index (κ2) is 11.0. The average Bonchev–Trinajstić information content (AvgIpc) is 2.87. The van der Waals surface area contributed by atoms with Gasteiger partial charge in [0.2, 0.25) is 11.9 Å². The number of hydrogen-bond acceptors (Lipinski definition) is 8. The molecule has 3 N–H and O–H groups in total. The molecule has 9 nitrogen and oxygen atoms in total. The van der Waals surface area contributed by atoms with Crippen LogP contribution in [0.3, 0.4) is 0 Å². The molecule has 3 aromatic rings. The van der Waals surface area contributed by atoms with Gasteiger partial charge in [-0.15, -0.1) is 0 Å². The first-order valence-electron chi connectivity index (χ1n) is 11.9. The number of rotatable bonds is 0. The summed E-state index contributed by atoms with van der Waals surface area (Å²) in [5, 5.41) is 10.4. The van der Waals surface area contributed by atoms with E-state index in [-0.39, 0.29) is 5.91 Å². The third kappa shape index (κ3) is 6.25. The monoisotopic (exact) mass is 492 g/mol. The maximum atomic E-state index is 12.3. The van der Waals surface area contributed by atoms with Crippen molar-refractivity contribution >= 4 is 35.0 Å². The summed E-state index contributed by atoms with van der Waals surface area (Å²) < 4.78 is 0. The smallest absolute Gasteiger partial charge is 0.234 e. The highest BCUT2D eigenvalue weighted by molar-refractivity contribution is 6.31. The van der Waals surface area contributed by atoms with Crippen molar-refractivity contribution in [3.05, 3.63) is 59.4 Å². The molecule has 0 unspecified atom stereocenters. The average molecular weight is 493 g/mol. The highest BCUT2D eigenvalue weighted by Crippen LogP contribution is 2.25. The Balaban J connectivity index is 1.38. The topological polar surface area (TPSA) is 98.3 Å². The number of nitrogens with zero attached hydrogens (tertiary/aromatic N) is 5. The van der Waals surface area contributed by atoms with Gasteiger partial charge in [-0.3, -0.25) is 14.6 Å². The number of nitrogens with one attached hydrogen (secondary N) is 3. The molecule has 182 valence electrons. The molecule has 0 saturated carbocycles. The molecule has 0 radical (unpaired) electrons. The van der Waals surface area contributed by atoms with Crippen LogP contribution in [-0.2, 0) is 11.3 Å². The van der Waals surface area contributed by atoms with Gasteiger partial charge in [0.15, 0.2) is 0 Å². The fourth-order valence-corrected chi connectivity index (χ4v) is 4.45. The van der Waals surface area contributed by atoms with E-state index < -0.39 is 0 Å². The molecule has 0 aliphatic carbocycles. The summed E-state index contributed by atoms with van der Waals surface area (Å²) in [5.74, 6) is 1.38. The number of aromatic nitrogens is 3. The molecular weight excluding hydrogens is 464 g/mol. The molecule has 10 heteroatoms. The van der Waals surface area contributed by atoms with Gasteiger partial charge in [0.25, 0.3) is 0 Å². The van der Waals surface area contributed by atoms with Crippen LogP contribution in [-0.4, -0.2) is 76.5 Å². The zero-order valence-electron chi connectivity index (χ0n) is 19.5. The van der Waals surface area contributed by atoms with Crippen LogP contribution in [0.15, 0.2) is 48.8 Å². The van der Waals surface area contributed by atoms with Crippen LogP contribution in [0.4, 0.5) is 17.5 Å². The molecule has 0 spiro atoms. The predicted octanol–water partition coefficient (Wildman–Crippen LogP) is 2.99. The minimum Gasteiger partial charge on any atom is -0.370 e. The second-order valence-electron chi connectivity index (χ2n) is 8.81. The SMILES string of the molecule is O=C1CN2CCN(CC2)Cc2cc(ccc2Cl)Nc2nccc(n2)-c2ccc(nc2)NCCCN1. The van der Waals surface area contributed by atoms with E-state index in [1.807, 2.05) is 30.3 Å². The second-order valence-corrected chi connectivity index (χ2v) is 9.22. The first-order valence-corrected chi connectivity index (χ1v) is 12.3. The van der Waals surface area contributed by atoms with Gasteiger partial charge >= 0.3 is 0 Å². The highest BCUT2D eigenvalue weighted by atomic mass is 35.5. The van der Waals surface area contributed by atoms with Gasteiger partial charge in [-0.1, -0.05) is 11.6 Å². The molecule has 0 atom stereocenters. The fourth-order valence-electron chi connectivity index (χ4n) is 4.27. The first-order chi connectivity index (χ1) is 17.1. The van der Waals surface area contributed by atoms with Crippen LogP contribution in [0.5, 0.6) is 0 Å². The molecule has 2 aromatic heterocycles. The highest BCUT2D eigenvalue weighted by Gasteiger charge is 2.20. The van der Waals surface area contributed by atoms with Gasteiger partial charge < -0.3 is 16.0 Å². The van der Waals surface area contributed by atoms with Crippen LogP contribution in [0.2, 0.25) is 5.02 Å².